The Morgan fingerprint density at radius 2 is 1.11 bits per heavy atom. The normalized spacial score (nSPS) is 12.1. The number of carboxylic acid groups (broad SMARTS) is 1. The maximum atomic E-state index is 11.5. The Morgan fingerprint density at radius 1 is 0.741 bits per heavy atom. The lowest BCUT2D eigenvalue weighted by molar-refractivity contribution is -0.137. The lowest BCUT2D eigenvalue weighted by Crippen LogP contribution is -2.42. The number of hydrogen-bond acceptors (Lipinski definition) is 4. The molecule has 0 heterocycles. The summed E-state index contributed by atoms with van der Waals surface area (Å²) in [4.78, 5) is 21.8. The second kappa shape index (κ2) is 20.0. The second-order valence-electron chi connectivity index (χ2n) is 7.53. The van der Waals surface area contributed by atoms with Crippen LogP contribution in [-0.4, -0.2) is 35.3 Å². The molecule has 0 bridgehead atoms. The van der Waals surface area contributed by atoms with E-state index in [9.17, 15) is 9.59 Å². The molecular formula is C21H42N2O3S. The first-order valence-corrected chi connectivity index (χ1v) is 11.6. The van der Waals surface area contributed by atoms with Gasteiger partial charge in [0.05, 0.1) is 6.04 Å². The van der Waals surface area contributed by atoms with Gasteiger partial charge < -0.3 is 16.2 Å². The number of amides is 1. The summed E-state index contributed by atoms with van der Waals surface area (Å²) in [6, 6.07) is -0.489. The van der Waals surface area contributed by atoms with Crippen molar-refractivity contribution in [2.45, 2.75) is 109 Å². The fraction of sp³-hybridized carbons (Fsp3) is 0.905. The van der Waals surface area contributed by atoms with E-state index < -0.39 is 12.0 Å². The molecule has 6 heteroatoms. The molecule has 1 amide bonds. The van der Waals surface area contributed by atoms with Crippen LogP contribution in [0.15, 0.2) is 0 Å². The number of carbonyl (C=O) groups is 2. The molecule has 0 spiro atoms. The van der Waals surface area contributed by atoms with E-state index in [0.717, 1.165) is 25.8 Å². The molecular weight excluding hydrogens is 360 g/mol. The molecule has 0 rings (SSSR count). The quantitative estimate of drug-likeness (QED) is 0.176. The Morgan fingerprint density at radius 3 is 1.48 bits per heavy atom. The van der Waals surface area contributed by atoms with Gasteiger partial charge in [0.15, 0.2) is 0 Å². The Kier molecular flexibility index (Phi) is 19.4. The van der Waals surface area contributed by atoms with Crippen molar-refractivity contribution in [3.8, 4) is 0 Å². The van der Waals surface area contributed by atoms with Crippen LogP contribution < -0.4 is 11.1 Å². The molecule has 0 aliphatic heterocycles. The highest BCUT2D eigenvalue weighted by atomic mass is 32.1. The van der Waals surface area contributed by atoms with E-state index in [1.807, 2.05) is 0 Å². The van der Waals surface area contributed by atoms with Crippen LogP contribution in [0.3, 0.4) is 0 Å². The predicted molar refractivity (Wildman–Crippen MR) is 116 cm³/mol. The van der Waals surface area contributed by atoms with E-state index in [0.29, 0.717) is 12.2 Å². The van der Waals surface area contributed by atoms with Crippen molar-refractivity contribution in [2.24, 2.45) is 5.73 Å². The van der Waals surface area contributed by atoms with Crippen LogP contribution in [0.5, 0.6) is 0 Å². The number of nitrogens with one attached hydrogen (secondary N) is 1. The Labute approximate surface area is 171 Å². The summed E-state index contributed by atoms with van der Waals surface area (Å²) in [5.41, 5.74) is 5.59. The third-order valence-corrected chi connectivity index (χ3v) is 5.29. The van der Waals surface area contributed by atoms with Crippen LogP contribution in [-0.2, 0) is 9.59 Å². The van der Waals surface area contributed by atoms with E-state index in [-0.39, 0.29) is 5.91 Å². The van der Waals surface area contributed by atoms with Crippen molar-refractivity contribution in [2.75, 3.05) is 12.3 Å². The van der Waals surface area contributed by atoms with Crippen LogP contribution in [0.2, 0.25) is 0 Å². The van der Waals surface area contributed by atoms with Crippen molar-refractivity contribution in [1.82, 2.24) is 5.32 Å². The number of nitrogens with two attached hydrogens (primary N) is 1. The highest BCUT2D eigenvalue weighted by Gasteiger charge is 2.09. The highest BCUT2D eigenvalue weighted by Crippen LogP contribution is 2.13. The molecule has 1 unspecified atom stereocenters. The van der Waals surface area contributed by atoms with Crippen LogP contribution in [0.1, 0.15) is 103 Å². The lowest BCUT2D eigenvalue weighted by Gasteiger charge is -2.09. The molecule has 0 aromatic rings. The van der Waals surface area contributed by atoms with Crippen molar-refractivity contribution in [3.05, 3.63) is 0 Å². The minimum absolute atomic E-state index is 0.0943. The summed E-state index contributed by atoms with van der Waals surface area (Å²) in [6.45, 7) is 0.722. The first-order valence-electron chi connectivity index (χ1n) is 10.9. The van der Waals surface area contributed by atoms with Gasteiger partial charge in [0, 0.05) is 18.7 Å². The first-order chi connectivity index (χ1) is 13.1. The molecule has 27 heavy (non-hydrogen) atoms. The molecule has 0 aliphatic carbocycles. The fourth-order valence-electron chi connectivity index (χ4n) is 3.12. The molecule has 4 N–H and O–H groups in total. The van der Waals surface area contributed by atoms with Gasteiger partial charge in [-0.05, 0) is 12.8 Å². The third-order valence-electron chi connectivity index (χ3n) is 4.90. The number of rotatable bonds is 20. The zero-order valence-corrected chi connectivity index (χ0v) is 18.0. The number of thiol groups is 1. The van der Waals surface area contributed by atoms with Gasteiger partial charge in [-0.2, -0.15) is 12.6 Å². The van der Waals surface area contributed by atoms with Gasteiger partial charge in [-0.25, -0.2) is 0 Å². The molecule has 0 aromatic carbocycles. The molecule has 0 aliphatic rings. The van der Waals surface area contributed by atoms with Crippen LogP contribution in [0.4, 0.5) is 0 Å². The number of unbranched alkanes of at least 4 members (excludes halogenated alkanes) is 14. The first kappa shape index (κ1) is 26.2. The van der Waals surface area contributed by atoms with Gasteiger partial charge in [0.2, 0.25) is 5.91 Å². The standard InChI is InChI=1S/C21H42N2O3S/c22-19(18-27)21(26)23-17-15-13-11-9-7-5-3-1-2-4-6-8-10-12-14-16-20(24)25/h19,27H,1-18,22H2,(H,23,26)(H,24,25). The zero-order valence-electron chi connectivity index (χ0n) is 17.1. The Hall–Kier alpha value is -0.750. The topological polar surface area (TPSA) is 92.4 Å². The largest absolute Gasteiger partial charge is 0.481 e. The van der Waals surface area contributed by atoms with Crippen LogP contribution in [0, 0.1) is 0 Å². The predicted octanol–water partition coefficient (Wildman–Crippen LogP) is 4.69. The molecule has 0 fully saturated rings. The van der Waals surface area contributed by atoms with E-state index in [1.165, 1.54) is 77.0 Å². The number of carbonyl (C=O) groups excluding carboxylic acids is 1. The molecule has 0 aromatic heterocycles. The Balaban J connectivity index is 3.11. The van der Waals surface area contributed by atoms with Crippen molar-refractivity contribution >= 4 is 24.5 Å². The average molecular weight is 403 g/mol. The molecule has 5 nitrogen and oxygen atoms in total. The lowest BCUT2D eigenvalue weighted by atomic mass is 10.0. The van der Waals surface area contributed by atoms with Crippen LogP contribution in [0.25, 0.3) is 0 Å². The molecule has 0 saturated carbocycles. The summed E-state index contributed by atoms with van der Waals surface area (Å²) in [5, 5.41) is 11.4. The zero-order chi connectivity index (χ0) is 20.2. The van der Waals surface area contributed by atoms with Crippen molar-refractivity contribution in [3.63, 3.8) is 0 Å². The third kappa shape index (κ3) is 19.8. The summed E-state index contributed by atoms with van der Waals surface area (Å²) < 4.78 is 0. The average Bonchev–Trinajstić information content (AvgIpc) is 2.65. The van der Waals surface area contributed by atoms with Crippen molar-refractivity contribution < 1.29 is 14.7 Å². The number of carboxylic acids is 1. The summed E-state index contributed by atoms with van der Waals surface area (Å²) in [7, 11) is 0. The smallest absolute Gasteiger partial charge is 0.303 e. The van der Waals surface area contributed by atoms with E-state index >= 15 is 0 Å². The van der Waals surface area contributed by atoms with Gasteiger partial charge in [-0.1, -0.05) is 83.5 Å². The fourth-order valence-corrected chi connectivity index (χ4v) is 3.29. The maximum Gasteiger partial charge on any atom is 0.303 e. The van der Waals surface area contributed by atoms with E-state index in [1.54, 1.807) is 0 Å². The number of hydrogen-bond donors (Lipinski definition) is 4. The van der Waals surface area contributed by atoms with Gasteiger partial charge in [0.1, 0.15) is 0 Å². The monoisotopic (exact) mass is 402 g/mol. The summed E-state index contributed by atoms with van der Waals surface area (Å²) in [6.07, 6.45) is 18.7. The number of aliphatic carboxylic acids is 1. The summed E-state index contributed by atoms with van der Waals surface area (Å²) >= 11 is 4.02. The highest BCUT2D eigenvalue weighted by molar-refractivity contribution is 7.80. The second-order valence-corrected chi connectivity index (χ2v) is 7.89. The summed E-state index contributed by atoms with van der Waals surface area (Å²) in [5.74, 6) is -0.378. The van der Waals surface area contributed by atoms with Gasteiger partial charge in [-0.3, -0.25) is 9.59 Å². The molecule has 0 radical (unpaired) electrons. The van der Waals surface area contributed by atoms with E-state index in [4.69, 9.17) is 10.8 Å². The molecule has 160 valence electrons. The van der Waals surface area contributed by atoms with Gasteiger partial charge >= 0.3 is 5.97 Å². The van der Waals surface area contributed by atoms with Gasteiger partial charge in [0.25, 0.3) is 0 Å². The minimum Gasteiger partial charge on any atom is -0.481 e. The maximum absolute atomic E-state index is 11.5. The van der Waals surface area contributed by atoms with Crippen LogP contribution >= 0.6 is 12.6 Å². The SMILES string of the molecule is NC(CS)C(=O)NCCCCCCCCCCCCCCCCCC(=O)O. The van der Waals surface area contributed by atoms with Crippen molar-refractivity contribution in [1.29, 1.82) is 0 Å². The Bertz CT molecular complexity index is 367. The van der Waals surface area contributed by atoms with Gasteiger partial charge in [-0.15, -0.1) is 0 Å². The minimum atomic E-state index is -0.673. The molecule has 0 saturated heterocycles. The van der Waals surface area contributed by atoms with E-state index in [2.05, 4.69) is 17.9 Å². The molecule has 1 atom stereocenters.